The fourth-order valence-corrected chi connectivity index (χ4v) is 5.28. The van der Waals surface area contributed by atoms with Crippen LogP contribution in [-0.4, -0.2) is 65.9 Å². The Kier molecular flexibility index (Phi) is 6.27. The van der Waals surface area contributed by atoms with Crippen molar-refractivity contribution in [1.29, 1.82) is 0 Å². The number of nitrogens with zero attached hydrogens (tertiary/aromatic N) is 5. The lowest BCUT2D eigenvalue weighted by Crippen LogP contribution is -2.44. The second kappa shape index (κ2) is 8.94. The Morgan fingerprint density at radius 3 is 2.45 bits per heavy atom. The molecule has 1 fully saturated rings. The van der Waals surface area contributed by atoms with Crippen molar-refractivity contribution < 1.29 is 13.2 Å². The van der Waals surface area contributed by atoms with Crippen LogP contribution in [0.2, 0.25) is 0 Å². The van der Waals surface area contributed by atoms with Crippen molar-refractivity contribution in [3.63, 3.8) is 0 Å². The molecular formula is C22H29N5O3S. The molecule has 3 aromatic rings. The van der Waals surface area contributed by atoms with E-state index in [1.807, 2.05) is 24.3 Å². The fraction of sp³-hybridized carbons (Fsp3) is 0.455. The monoisotopic (exact) mass is 443 g/mol. The van der Waals surface area contributed by atoms with Crippen molar-refractivity contribution in [2.24, 2.45) is 0 Å². The molecule has 9 heteroatoms. The second-order valence-electron chi connectivity index (χ2n) is 8.01. The molecule has 0 atom stereocenters. The number of pyridine rings is 1. The highest BCUT2D eigenvalue weighted by Crippen LogP contribution is 2.30. The molecule has 0 bridgehead atoms. The van der Waals surface area contributed by atoms with Crippen LogP contribution in [0.1, 0.15) is 30.3 Å². The van der Waals surface area contributed by atoms with Crippen LogP contribution in [0.25, 0.3) is 11.2 Å². The average Bonchev–Trinajstić information content (AvgIpc) is 3.16. The van der Waals surface area contributed by atoms with Gasteiger partial charge in [-0.25, -0.2) is 9.97 Å². The zero-order chi connectivity index (χ0) is 22.0. The van der Waals surface area contributed by atoms with Gasteiger partial charge in [0.2, 0.25) is 0 Å². The highest BCUT2D eigenvalue weighted by atomic mass is 32.2. The number of rotatable bonds is 7. The number of fused-ring (bicyclic) bond motifs is 1. The van der Waals surface area contributed by atoms with E-state index in [1.165, 1.54) is 9.87 Å². The molecule has 0 aliphatic carbocycles. The first-order valence-corrected chi connectivity index (χ1v) is 11.9. The molecule has 3 heterocycles. The summed E-state index contributed by atoms with van der Waals surface area (Å²) >= 11 is 0. The Morgan fingerprint density at radius 1 is 1.10 bits per heavy atom. The first kappa shape index (κ1) is 21.7. The molecule has 0 radical (unpaired) electrons. The molecule has 1 aliphatic rings. The molecule has 166 valence electrons. The van der Waals surface area contributed by atoms with Gasteiger partial charge in [-0.2, -0.15) is 17.0 Å². The van der Waals surface area contributed by atoms with Gasteiger partial charge in [0.1, 0.15) is 17.1 Å². The quantitative estimate of drug-likeness (QED) is 0.561. The molecule has 0 N–H and O–H groups in total. The second-order valence-corrected chi connectivity index (χ2v) is 10.2. The van der Waals surface area contributed by atoms with Gasteiger partial charge in [0, 0.05) is 45.8 Å². The van der Waals surface area contributed by atoms with Gasteiger partial charge in [-0.15, -0.1) is 0 Å². The smallest absolute Gasteiger partial charge is 0.281 e. The van der Waals surface area contributed by atoms with Crippen molar-refractivity contribution >= 4 is 21.4 Å². The number of hydrogen-bond acceptors (Lipinski definition) is 5. The highest BCUT2D eigenvalue weighted by molar-refractivity contribution is 7.86. The first-order chi connectivity index (χ1) is 14.9. The summed E-state index contributed by atoms with van der Waals surface area (Å²) in [6.45, 7) is 0.991. The van der Waals surface area contributed by atoms with Crippen LogP contribution in [0, 0.1) is 0 Å². The van der Waals surface area contributed by atoms with Crippen LogP contribution < -0.4 is 4.74 Å². The van der Waals surface area contributed by atoms with E-state index in [0.717, 1.165) is 48.4 Å². The molecule has 1 aliphatic heterocycles. The predicted molar refractivity (Wildman–Crippen MR) is 120 cm³/mol. The van der Waals surface area contributed by atoms with E-state index in [-0.39, 0.29) is 6.04 Å². The van der Waals surface area contributed by atoms with Gasteiger partial charge in [0.15, 0.2) is 5.65 Å². The van der Waals surface area contributed by atoms with Gasteiger partial charge in [0.25, 0.3) is 10.2 Å². The van der Waals surface area contributed by atoms with Crippen LogP contribution in [0.3, 0.4) is 0 Å². The lowest BCUT2D eigenvalue weighted by atomic mass is 10.1. The minimum atomic E-state index is -3.38. The Morgan fingerprint density at radius 2 is 1.81 bits per heavy atom. The number of methoxy groups -OCH3 is 1. The van der Waals surface area contributed by atoms with E-state index < -0.39 is 10.2 Å². The number of benzene rings is 1. The predicted octanol–water partition coefficient (Wildman–Crippen LogP) is 2.67. The number of aryl methyl sites for hydroxylation is 2. The van der Waals surface area contributed by atoms with E-state index in [0.29, 0.717) is 13.1 Å². The van der Waals surface area contributed by atoms with E-state index in [1.54, 1.807) is 31.7 Å². The Balaban J connectivity index is 1.56. The Labute approximate surface area is 183 Å². The number of imidazole rings is 1. The maximum atomic E-state index is 12.5. The van der Waals surface area contributed by atoms with Gasteiger partial charge in [-0.3, -0.25) is 0 Å². The molecule has 1 aromatic carbocycles. The molecule has 8 nitrogen and oxygen atoms in total. The van der Waals surface area contributed by atoms with E-state index in [4.69, 9.17) is 9.72 Å². The normalized spacial score (nSPS) is 16.3. The van der Waals surface area contributed by atoms with Crippen LogP contribution in [0.15, 0.2) is 42.6 Å². The lowest BCUT2D eigenvalue weighted by molar-refractivity contribution is 0.262. The molecule has 4 rings (SSSR count). The van der Waals surface area contributed by atoms with E-state index >= 15 is 0 Å². The van der Waals surface area contributed by atoms with Gasteiger partial charge in [0.05, 0.1) is 7.11 Å². The molecule has 0 spiro atoms. The lowest BCUT2D eigenvalue weighted by Gasteiger charge is -2.34. The number of piperidine rings is 1. The number of hydrogen-bond donors (Lipinski definition) is 0. The largest absolute Gasteiger partial charge is 0.497 e. The molecule has 1 saturated heterocycles. The highest BCUT2D eigenvalue weighted by Gasteiger charge is 2.31. The summed E-state index contributed by atoms with van der Waals surface area (Å²) < 4.78 is 35.3. The maximum absolute atomic E-state index is 12.5. The van der Waals surface area contributed by atoms with Crippen molar-refractivity contribution in [3.8, 4) is 5.75 Å². The van der Waals surface area contributed by atoms with E-state index in [9.17, 15) is 8.42 Å². The van der Waals surface area contributed by atoms with Crippen molar-refractivity contribution in [1.82, 2.24) is 23.1 Å². The third kappa shape index (κ3) is 4.44. The Hall–Kier alpha value is -2.49. The van der Waals surface area contributed by atoms with Crippen LogP contribution >= 0.6 is 0 Å². The Bertz CT molecular complexity index is 1130. The minimum Gasteiger partial charge on any atom is -0.497 e. The zero-order valence-electron chi connectivity index (χ0n) is 18.2. The summed E-state index contributed by atoms with van der Waals surface area (Å²) in [7, 11) is 1.44. The number of ether oxygens (including phenoxy) is 1. The van der Waals surface area contributed by atoms with Gasteiger partial charge < -0.3 is 9.30 Å². The van der Waals surface area contributed by atoms with Crippen molar-refractivity contribution in [2.45, 2.75) is 31.7 Å². The van der Waals surface area contributed by atoms with E-state index in [2.05, 4.69) is 21.7 Å². The van der Waals surface area contributed by atoms with Gasteiger partial charge in [-0.1, -0.05) is 12.1 Å². The molecule has 0 unspecified atom stereocenters. The molecule has 0 saturated carbocycles. The number of aromatic nitrogens is 3. The average molecular weight is 444 g/mol. The SMILES string of the molecule is COc1ccc(CCc2nc3cccnc3n2C2CCN(S(=O)(=O)N(C)C)CC2)cc1. The molecule has 0 amide bonds. The maximum Gasteiger partial charge on any atom is 0.281 e. The standard InChI is InChI=1S/C22H29N5O3S/c1-25(2)31(28,29)26-15-12-18(13-16-26)27-21(24-20-5-4-14-23-22(20)27)11-8-17-6-9-19(30-3)10-7-17/h4-7,9-10,14,18H,8,11-13,15-16H2,1-3H3. The molecular weight excluding hydrogens is 414 g/mol. The first-order valence-electron chi connectivity index (χ1n) is 10.5. The fourth-order valence-electron chi connectivity index (χ4n) is 4.15. The van der Waals surface area contributed by atoms with Crippen molar-refractivity contribution in [2.75, 3.05) is 34.3 Å². The summed E-state index contributed by atoms with van der Waals surface area (Å²) in [5.74, 6) is 1.85. The summed E-state index contributed by atoms with van der Waals surface area (Å²) in [4.78, 5) is 9.46. The van der Waals surface area contributed by atoms with Crippen molar-refractivity contribution in [3.05, 3.63) is 54.0 Å². The van der Waals surface area contributed by atoms with Crippen LogP contribution in [-0.2, 0) is 23.1 Å². The third-order valence-electron chi connectivity index (χ3n) is 5.89. The molecule has 31 heavy (non-hydrogen) atoms. The van der Waals surface area contributed by atoms with Crippen LogP contribution in [0.4, 0.5) is 0 Å². The summed E-state index contributed by atoms with van der Waals surface area (Å²) in [5.41, 5.74) is 2.98. The minimum absolute atomic E-state index is 0.180. The zero-order valence-corrected chi connectivity index (χ0v) is 19.0. The van der Waals surface area contributed by atoms with Gasteiger partial charge >= 0.3 is 0 Å². The third-order valence-corrected chi connectivity index (χ3v) is 7.84. The molecule has 2 aromatic heterocycles. The van der Waals surface area contributed by atoms with Gasteiger partial charge in [-0.05, 0) is 49.1 Å². The summed E-state index contributed by atoms with van der Waals surface area (Å²) in [6.07, 6.45) is 4.93. The van der Waals surface area contributed by atoms with Crippen LogP contribution in [0.5, 0.6) is 5.75 Å². The summed E-state index contributed by atoms with van der Waals surface area (Å²) in [6, 6.07) is 12.2. The summed E-state index contributed by atoms with van der Waals surface area (Å²) in [5, 5.41) is 0. The topological polar surface area (TPSA) is 80.6 Å².